The zero-order valence-corrected chi connectivity index (χ0v) is 10.4. The van der Waals surface area contributed by atoms with Crippen LogP contribution in [0.5, 0.6) is 0 Å². The normalized spacial score (nSPS) is 11.6. The van der Waals surface area contributed by atoms with Crippen LogP contribution in [0.3, 0.4) is 0 Å². The van der Waals surface area contributed by atoms with E-state index >= 15 is 0 Å². The summed E-state index contributed by atoms with van der Waals surface area (Å²) in [7, 11) is 0. The first-order valence-electron chi connectivity index (χ1n) is 4.88. The van der Waals surface area contributed by atoms with Gasteiger partial charge in [-0.05, 0) is 26.3 Å². The number of carbonyl (C=O) groups excluding carboxylic acids is 1. The number of ether oxygens (including phenoxy) is 1. The Labute approximate surface area is 101 Å². The Bertz CT molecular complexity index is 426. The van der Waals surface area contributed by atoms with Crippen molar-refractivity contribution in [2.45, 2.75) is 31.3 Å². The van der Waals surface area contributed by atoms with Crippen molar-refractivity contribution < 1.29 is 22.7 Å². The van der Waals surface area contributed by atoms with Gasteiger partial charge in [0.25, 0.3) is 0 Å². The second-order valence-corrected chi connectivity index (χ2v) is 4.42. The Morgan fingerprint density at radius 3 is 2.47 bits per heavy atom. The number of hydrogen-bond donors (Lipinski definition) is 1. The second kappa shape index (κ2) is 5.03. The van der Waals surface area contributed by atoms with Crippen molar-refractivity contribution in [3.05, 3.63) is 16.8 Å². The number of thioether (sulfide) groups is 1. The van der Waals surface area contributed by atoms with Crippen LogP contribution in [-0.2, 0) is 4.74 Å². The van der Waals surface area contributed by atoms with E-state index in [0.717, 1.165) is 0 Å². The number of rotatable bonds is 3. The van der Waals surface area contributed by atoms with Crippen molar-refractivity contribution >= 4 is 17.7 Å². The maximum Gasteiger partial charge on any atom is 0.447 e. The van der Waals surface area contributed by atoms with Gasteiger partial charge in [-0.2, -0.15) is 13.2 Å². The highest BCUT2D eigenvalue weighted by molar-refractivity contribution is 8.00. The van der Waals surface area contributed by atoms with Gasteiger partial charge < -0.3 is 9.72 Å². The molecule has 0 aliphatic heterocycles. The van der Waals surface area contributed by atoms with E-state index in [9.17, 15) is 18.0 Å². The van der Waals surface area contributed by atoms with Gasteiger partial charge in [-0.25, -0.2) is 4.79 Å². The Hall–Kier alpha value is -1.11. The van der Waals surface area contributed by atoms with Crippen molar-refractivity contribution in [3.63, 3.8) is 0 Å². The fraction of sp³-hybridized carbons (Fsp3) is 0.500. The third-order valence-electron chi connectivity index (χ3n) is 2.16. The first-order chi connectivity index (χ1) is 7.76. The molecule has 0 radical (unpaired) electrons. The SMILES string of the molecule is CCOC(=O)c1c(SC(F)(F)F)[nH]c(C)c1C. The summed E-state index contributed by atoms with van der Waals surface area (Å²) in [6.07, 6.45) is 0. The predicted octanol–water partition coefficient (Wildman–Crippen LogP) is 3.42. The third kappa shape index (κ3) is 3.42. The summed E-state index contributed by atoms with van der Waals surface area (Å²) >= 11 is -0.340. The van der Waals surface area contributed by atoms with E-state index in [1.54, 1.807) is 20.8 Å². The maximum absolute atomic E-state index is 12.3. The van der Waals surface area contributed by atoms with Crippen LogP contribution in [0.4, 0.5) is 13.2 Å². The average molecular weight is 267 g/mol. The minimum Gasteiger partial charge on any atom is -0.462 e. The summed E-state index contributed by atoms with van der Waals surface area (Å²) in [5, 5.41) is -0.217. The molecule has 0 atom stereocenters. The summed E-state index contributed by atoms with van der Waals surface area (Å²) < 4.78 is 41.6. The van der Waals surface area contributed by atoms with Crippen LogP contribution in [0.25, 0.3) is 0 Å². The molecule has 0 bridgehead atoms. The van der Waals surface area contributed by atoms with Gasteiger partial charge in [0.05, 0.1) is 17.2 Å². The van der Waals surface area contributed by atoms with Crippen molar-refractivity contribution in [3.8, 4) is 0 Å². The van der Waals surface area contributed by atoms with Gasteiger partial charge in [-0.3, -0.25) is 0 Å². The van der Waals surface area contributed by atoms with Crippen LogP contribution in [0.1, 0.15) is 28.5 Å². The molecule has 0 aliphatic rings. The highest BCUT2D eigenvalue weighted by Gasteiger charge is 2.34. The quantitative estimate of drug-likeness (QED) is 0.674. The molecule has 0 aliphatic carbocycles. The molecule has 3 nitrogen and oxygen atoms in total. The molecule has 1 rings (SSSR count). The van der Waals surface area contributed by atoms with Crippen LogP contribution in [0, 0.1) is 13.8 Å². The summed E-state index contributed by atoms with van der Waals surface area (Å²) in [5.74, 6) is -0.735. The minimum absolute atomic E-state index is 0.0355. The van der Waals surface area contributed by atoms with Gasteiger partial charge in [0.1, 0.15) is 0 Å². The van der Waals surface area contributed by atoms with E-state index in [1.165, 1.54) is 0 Å². The highest BCUT2D eigenvalue weighted by Crippen LogP contribution is 2.39. The molecule has 0 saturated heterocycles. The van der Waals surface area contributed by atoms with E-state index in [1.807, 2.05) is 0 Å². The summed E-state index contributed by atoms with van der Waals surface area (Å²) in [5.41, 5.74) is -3.47. The Kier molecular flexibility index (Phi) is 4.13. The number of aromatic amines is 1. The largest absolute Gasteiger partial charge is 0.462 e. The molecule has 0 fully saturated rings. The molecule has 1 aromatic heterocycles. The minimum atomic E-state index is -4.44. The van der Waals surface area contributed by atoms with E-state index in [-0.39, 0.29) is 29.0 Å². The standard InChI is InChI=1S/C10H12F3NO2S/c1-4-16-9(15)7-5(2)6(3)14-8(7)17-10(11,12)13/h14H,4H2,1-3H3. The fourth-order valence-corrected chi connectivity index (χ4v) is 2.10. The molecule has 7 heteroatoms. The first-order valence-corrected chi connectivity index (χ1v) is 5.70. The molecule has 0 saturated carbocycles. The van der Waals surface area contributed by atoms with Gasteiger partial charge in [0, 0.05) is 17.5 Å². The van der Waals surface area contributed by atoms with Crippen molar-refractivity contribution in [2.75, 3.05) is 6.61 Å². The lowest BCUT2D eigenvalue weighted by Crippen LogP contribution is -2.08. The molecular weight excluding hydrogens is 255 g/mol. The average Bonchev–Trinajstić information content (AvgIpc) is 2.39. The predicted molar refractivity (Wildman–Crippen MR) is 58.1 cm³/mol. The van der Waals surface area contributed by atoms with E-state index in [2.05, 4.69) is 4.98 Å². The lowest BCUT2D eigenvalue weighted by atomic mass is 10.2. The van der Waals surface area contributed by atoms with Crippen molar-refractivity contribution in [1.29, 1.82) is 0 Å². The number of aryl methyl sites for hydroxylation is 1. The Morgan fingerprint density at radius 1 is 1.41 bits per heavy atom. The second-order valence-electron chi connectivity index (χ2n) is 3.35. The van der Waals surface area contributed by atoms with Crippen LogP contribution < -0.4 is 0 Å². The van der Waals surface area contributed by atoms with Gasteiger partial charge in [0.2, 0.25) is 0 Å². The number of nitrogens with one attached hydrogen (secondary N) is 1. The molecular formula is C10H12F3NO2S. The topological polar surface area (TPSA) is 42.1 Å². The molecule has 0 amide bonds. The number of esters is 1. The summed E-state index contributed by atoms with van der Waals surface area (Å²) in [6, 6.07) is 0. The lowest BCUT2D eigenvalue weighted by Gasteiger charge is -2.07. The molecule has 17 heavy (non-hydrogen) atoms. The summed E-state index contributed by atoms with van der Waals surface area (Å²) in [4.78, 5) is 14.1. The molecule has 0 unspecified atom stereocenters. The van der Waals surface area contributed by atoms with Crippen LogP contribution in [0.15, 0.2) is 5.03 Å². The van der Waals surface area contributed by atoms with Crippen molar-refractivity contribution in [1.82, 2.24) is 4.98 Å². The van der Waals surface area contributed by atoms with E-state index < -0.39 is 11.5 Å². The summed E-state index contributed by atoms with van der Waals surface area (Å²) in [6.45, 7) is 4.92. The van der Waals surface area contributed by atoms with Gasteiger partial charge in [-0.1, -0.05) is 0 Å². The van der Waals surface area contributed by atoms with Gasteiger partial charge >= 0.3 is 11.5 Å². The highest BCUT2D eigenvalue weighted by atomic mass is 32.2. The number of aromatic nitrogens is 1. The maximum atomic E-state index is 12.3. The van der Waals surface area contributed by atoms with E-state index in [4.69, 9.17) is 4.74 Å². The molecule has 1 aromatic rings. The zero-order valence-electron chi connectivity index (χ0n) is 9.57. The van der Waals surface area contributed by atoms with Gasteiger partial charge in [0.15, 0.2) is 0 Å². The lowest BCUT2D eigenvalue weighted by molar-refractivity contribution is -0.0329. The first kappa shape index (κ1) is 14.0. The zero-order chi connectivity index (χ0) is 13.2. The van der Waals surface area contributed by atoms with Crippen LogP contribution in [0.2, 0.25) is 0 Å². The van der Waals surface area contributed by atoms with Gasteiger partial charge in [-0.15, -0.1) is 0 Å². The van der Waals surface area contributed by atoms with Crippen molar-refractivity contribution in [2.24, 2.45) is 0 Å². The number of H-pyrrole nitrogens is 1. The molecule has 0 aromatic carbocycles. The molecule has 1 heterocycles. The Morgan fingerprint density at radius 2 is 2.00 bits per heavy atom. The third-order valence-corrected chi connectivity index (χ3v) is 2.90. The number of hydrogen-bond acceptors (Lipinski definition) is 3. The number of carbonyl (C=O) groups is 1. The monoisotopic (exact) mass is 267 g/mol. The van der Waals surface area contributed by atoms with E-state index in [0.29, 0.717) is 11.3 Å². The molecule has 0 spiro atoms. The smallest absolute Gasteiger partial charge is 0.447 e. The number of alkyl halides is 3. The van der Waals surface area contributed by atoms with Crippen LogP contribution in [-0.4, -0.2) is 23.1 Å². The molecule has 96 valence electrons. The Balaban J connectivity index is 3.13. The fourth-order valence-electron chi connectivity index (χ4n) is 1.33. The van der Waals surface area contributed by atoms with Crippen LogP contribution >= 0.6 is 11.8 Å². The number of halogens is 3. The molecule has 1 N–H and O–H groups in total.